The van der Waals surface area contributed by atoms with Crippen LogP contribution in [-0.2, 0) is 7.05 Å². The SMILES string of the molecule is Cn1cc(Oc2ccnc(NN)c2)cn1. The van der Waals surface area contributed by atoms with Gasteiger partial charge in [0, 0.05) is 19.3 Å². The number of nitrogens with two attached hydrogens (primary N) is 1. The van der Waals surface area contributed by atoms with Crippen molar-refractivity contribution < 1.29 is 4.74 Å². The average Bonchev–Trinajstić information content (AvgIpc) is 2.64. The van der Waals surface area contributed by atoms with Gasteiger partial charge in [-0.2, -0.15) is 5.10 Å². The maximum absolute atomic E-state index is 5.52. The van der Waals surface area contributed by atoms with E-state index < -0.39 is 0 Å². The third-order valence-corrected chi connectivity index (χ3v) is 1.80. The minimum Gasteiger partial charge on any atom is -0.454 e. The van der Waals surface area contributed by atoms with Crippen LogP contribution in [0, 0.1) is 0 Å². The van der Waals surface area contributed by atoms with Crippen molar-refractivity contribution in [3.05, 3.63) is 30.7 Å². The molecule has 2 heterocycles. The van der Waals surface area contributed by atoms with Crippen LogP contribution in [0.15, 0.2) is 30.7 Å². The highest BCUT2D eigenvalue weighted by Gasteiger charge is 2.00. The number of aryl methyl sites for hydroxylation is 1. The van der Waals surface area contributed by atoms with Gasteiger partial charge in [-0.1, -0.05) is 0 Å². The van der Waals surface area contributed by atoms with E-state index in [1.807, 2.05) is 7.05 Å². The molecular weight excluding hydrogens is 194 g/mol. The van der Waals surface area contributed by atoms with Gasteiger partial charge in [-0.05, 0) is 6.07 Å². The van der Waals surface area contributed by atoms with Crippen molar-refractivity contribution in [1.82, 2.24) is 14.8 Å². The lowest BCUT2D eigenvalue weighted by Crippen LogP contribution is -2.07. The minimum absolute atomic E-state index is 0.552. The Kier molecular flexibility index (Phi) is 2.51. The third-order valence-electron chi connectivity index (χ3n) is 1.80. The summed E-state index contributed by atoms with van der Waals surface area (Å²) in [5.74, 6) is 7.12. The van der Waals surface area contributed by atoms with Crippen molar-refractivity contribution >= 4 is 5.82 Å². The Morgan fingerprint density at radius 2 is 2.33 bits per heavy atom. The number of rotatable bonds is 3. The van der Waals surface area contributed by atoms with Crippen LogP contribution in [0.1, 0.15) is 0 Å². The highest BCUT2D eigenvalue weighted by Crippen LogP contribution is 2.21. The molecule has 3 N–H and O–H groups in total. The van der Waals surface area contributed by atoms with E-state index >= 15 is 0 Å². The van der Waals surface area contributed by atoms with Gasteiger partial charge >= 0.3 is 0 Å². The standard InChI is InChI=1S/C9H11N5O/c1-14-6-8(5-12-14)15-7-2-3-11-9(4-7)13-10/h2-6H,10H2,1H3,(H,11,13). The first-order valence-electron chi connectivity index (χ1n) is 4.37. The van der Waals surface area contributed by atoms with Crippen molar-refractivity contribution in [3.63, 3.8) is 0 Å². The van der Waals surface area contributed by atoms with Crippen molar-refractivity contribution in [2.45, 2.75) is 0 Å². The number of nitrogens with one attached hydrogen (secondary N) is 1. The van der Waals surface area contributed by atoms with Crippen LogP contribution >= 0.6 is 0 Å². The Morgan fingerprint density at radius 3 is 3.00 bits per heavy atom. The number of hydrogen-bond donors (Lipinski definition) is 2. The van der Waals surface area contributed by atoms with E-state index in [9.17, 15) is 0 Å². The monoisotopic (exact) mass is 205 g/mol. The molecule has 6 nitrogen and oxygen atoms in total. The Labute approximate surface area is 86.7 Å². The number of pyridine rings is 1. The van der Waals surface area contributed by atoms with Crippen molar-refractivity contribution in [1.29, 1.82) is 0 Å². The van der Waals surface area contributed by atoms with Crippen LogP contribution in [-0.4, -0.2) is 14.8 Å². The fraction of sp³-hybridized carbons (Fsp3) is 0.111. The summed E-state index contributed by atoms with van der Waals surface area (Å²) in [6, 6.07) is 3.45. The minimum atomic E-state index is 0.552. The molecule has 0 saturated carbocycles. The molecule has 0 aromatic carbocycles. The van der Waals surface area contributed by atoms with Gasteiger partial charge in [0.1, 0.15) is 11.6 Å². The molecule has 0 spiro atoms. The second-order valence-corrected chi connectivity index (χ2v) is 2.97. The molecule has 78 valence electrons. The maximum atomic E-state index is 5.52. The summed E-state index contributed by atoms with van der Waals surface area (Å²) in [4.78, 5) is 3.97. The van der Waals surface area contributed by atoms with Crippen LogP contribution in [0.3, 0.4) is 0 Å². The molecule has 0 radical (unpaired) electrons. The second kappa shape index (κ2) is 3.97. The molecule has 6 heteroatoms. The number of ether oxygens (including phenoxy) is 1. The smallest absolute Gasteiger partial charge is 0.165 e. The number of nitrogens with zero attached hydrogens (tertiary/aromatic N) is 3. The maximum Gasteiger partial charge on any atom is 0.165 e. The fourth-order valence-electron chi connectivity index (χ4n) is 1.14. The van der Waals surface area contributed by atoms with E-state index in [0.29, 0.717) is 17.3 Å². The lowest BCUT2D eigenvalue weighted by molar-refractivity contribution is 0.481. The summed E-state index contributed by atoms with van der Waals surface area (Å²) in [5, 5.41) is 3.99. The van der Waals surface area contributed by atoms with Gasteiger partial charge in [-0.25, -0.2) is 10.8 Å². The lowest BCUT2D eigenvalue weighted by atomic mass is 10.4. The van der Waals surface area contributed by atoms with E-state index in [1.54, 1.807) is 35.4 Å². The number of aromatic nitrogens is 3. The van der Waals surface area contributed by atoms with Gasteiger partial charge in [0.05, 0.1) is 12.4 Å². The first-order valence-corrected chi connectivity index (χ1v) is 4.37. The first kappa shape index (κ1) is 9.47. The van der Waals surface area contributed by atoms with Crippen LogP contribution in [0.5, 0.6) is 11.5 Å². The molecule has 2 aromatic rings. The van der Waals surface area contributed by atoms with Crippen molar-refractivity contribution in [2.24, 2.45) is 12.9 Å². The molecule has 2 rings (SSSR count). The van der Waals surface area contributed by atoms with E-state index in [-0.39, 0.29) is 0 Å². The highest BCUT2D eigenvalue weighted by molar-refractivity contribution is 5.40. The molecule has 0 atom stereocenters. The van der Waals surface area contributed by atoms with Crippen molar-refractivity contribution in [3.8, 4) is 11.5 Å². The van der Waals surface area contributed by atoms with Gasteiger partial charge in [0.15, 0.2) is 5.75 Å². The Bertz CT molecular complexity index is 453. The summed E-state index contributed by atoms with van der Waals surface area (Å²) >= 11 is 0. The van der Waals surface area contributed by atoms with Gasteiger partial charge in [-0.15, -0.1) is 0 Å². The molecule has 0 unspecified atom stereocenters. The van der Waals surface area contributed by atoms with E-state index in [0.717, 1.165) is 0 Å². The normalized spacial score (nSPS) is 10.0. The molecule has 0 amide bonds. The van der Waals surface area contributed by atoms with Crippen LogP contribution in [0.25, 0.3) is 0 Å². The van der Waals surface area contributed by atoms with Gasteiger partial charge in [-0.3, -0.25) is 4.68 Å². The summed E-state index contributed by atoms with van der Waals surface area (Å²) in [5.41, 5.74) is 2.45. The zero-order valence-corrected chi connectivity index (χ0v) is 8.21. The Hall–Kier alpha value is -2.08. The van der Waals surface area contributed by atoms with E-state index in [2.05, 4.69) is 15.5 Å². The summed E-state index contributed by atoms with van der Waals surface area (Å²) in [7, 11) is 1.83. The fourth-order valence-corrected chi connectivity index (χ4v) is 1.14. The number of anilines is 1. The van der Waals surface area contributed by atoms with Crippen LogP contribution in [0.2, 0.25) is 0 Å². The molecule has 0 saturated heterocycles. The zero-order valence-electron chi connectivity index (χ0n) is 8.21. The molecule has 15 heavy (non-hydrogen) atoms. The number of hydrogen-bond acceptors (Lipinski definition) is 5. The quantitative estimate of drug-likeness (QED) is 0.574. The lowest BCUT2D eigenvalue weighted by Gasteiger charge is -2.03. The predicted octanol–water partition coefficient (Wildman–Crippen LogP) is 0.893. The van der Waals surface area contributed by atoms with Gasteiger partial charge < -0.3 is 10.2 Å². The van der Waals surface area contributed by atoms with Crippen molar-refractivity contribution in [2.75, 3.05) is 5.43 Å². The average molecular weight is 205 g/mol. The molecule has 0 aliphatic rings. The summed E-state index contributed by atoms with van der Waals surface area (Å²) in [6.07, 6.45) is 5.02. The molecule has 0 bridgehead atoms. The second-order valence-electron chi connectivity index (χ2n) is 2.97. The summed E-state index contributed by atoms with van der Waals surface area (Å²) in [6.45, 7) is 0. The first-order chi connectivity index (χ1) is 7.28. The Morgan fingerprint density at radius 1 is 1.47 bits per heavy atom. The Balaban J connectivity index is 2.16. The van der Waals surface area contributed by atoms with Crippen LogP contribution in [0.4, 0.5) is 5.82 Å². The number of nitrogen functional groups attached to an aromatic ring is 1. The highest BCUT2D eigenvalue weighted by atomic mass is 16.5. The van der Waals surface area contributed by atoms with Crippen LogP contribution < -0.4 is 16.0 Å². The predicted molar refractivity (Wildman–Crippen MR) is 55.3 cm³/mol. The number of hydrazine groups is 1. The molecular formula is C9H11N5O. The third kappa shape index (κ3) is 2.23. The van der Waals surface area contributed by atoms with Gasteiger partial charge in [0.25, 0.3) is 0 Å². The molecule has 0 fully saturated rings. The summed E-state index contributed by atoms with van der Waals surface area (Å²) < 4.78 is 7.19. The molecule has 0 aliphatic carbocycles. The van der Waals surface area contributed by atoms with E-state index in [1.165, 1.54) is 0 Å². The van der Waals surface area contributed by atoms with Gasteiger partial charge in [0.2, 0.25) is 0 Å². The van der Waals surface area contributed by atoms with E-state index in [4.69, 9.17) is 10.6 Å². The molecule has 2 aromatic heterocycles. The molecule has 0 aliphatic heterocycles. The largest absolute Gasteiger partial charge is 0.454 e. The topological polar surface area (TPSA) is 78.0 Å². The zero-order chi connectivity index (χ0) is 10.7.